The molecule has 0 saturated heterocycles. The molecule has 0 spiro atoms. The zero-order valence-corrected chi connectivity index (χ0v) is 9.37. The van der Waals surface area contributed by atoms with E-state index in [4.69, 9.17) is 5.73 Å². The van der Waals surface area contributed by atoms with Crippen molar-refractivity contribution in [3.63, 3.8) is 0 Å². The number of nitrogens with two attached hydrogens (primary N) is 1. The fourth-order valence-electron chi connectivity index (χ4n) is 1.31. The number of halogens is 1. The van der Waals surface area contributed by atoms with Gasteiger partial charge >= 0.3 is 0 Å². The number of aryl methyl sites for hydroxylation is 1. The summed E-state index contributed by atoms with van der Waals surface area (Å²) in [4.78, 5) is 9.79. The minimum Gasteiger partial charge on any atom is -0.326 e. The summed E-state index contributed by atoms with van der Waals surface area (Å²) in [6, 6.07) is 3.69. The van der Waals surface area contributed by atoms with Crippen LogP contribution in [0, 0.1) is 15.9 Å². The molecule has 0 unspecified atom stereocenters. The minimum atomic E-state index is -0.611. The normalized spacial score (nSPS) is 11.5. The molecule has 0 aliphatic heterocycles. The van der Waals surface area contributed by atoms with Gasteiger partial charge in [0.25, 0.3) is 5.69 Å². The first-order valence-electron chi connectivity index (χ1n) is 5.01. The Bertz CT molecular complexity index is 399. The van der Waals surface area contributed by atoms with Crippen molar-refractivity contribution in [1.29, 1.82) is 0 Å². The number of rotatable bonds is 4. The predicted molar refractivity (Wildman–Crippen MR) is 59.6 cm³/mol. The van der Waals surface area contributed by atoms with Gasteiger partial charge in [-0.15, -0.1) is 0 Å². The highest BCUT2D eigenvalue weighted by molar-refractivity contribution is 5.34. The van der Waals surface area contributed by atoms with E-state index in [9.17, 15) is 14.5 Å². The third-order valence-electron chi connectivity index (χ3n) is 2.29. The van der Waals surface area contributed by atoms with Gasteiger partial charge in [-0.3, -0.25) is 10.1 Å². The van der Waals surface area contributed by atoms with Gasteiger partial charge in [-0.25, -0.2) is 4.39 Å². The lowest BCUT2D eigenvalue weighted by Gasteiger charge is -2.18. The summed E-state index contributed by atoms with van der Waals surface area (Å²) in [5, 5.41) is 10.4. The molecule has 1 aromatic carbocycles. The maximum Gasteiger partial charge on any atom is 0.272 e. The molecule has 0 fully saturated rings. The molecule has 0 heterocycles. The Balaban J connectivity index is 2.80. The molecule has 0 saturated carbocycles. The lowest BCUT2D eigenvalue weighted by molar-refractivity contribution is -0.385. The van der Waals surface area contributed by atoms with Crippen molar-refractivity contribution in [3.8, 4) is 0 Å². The summed E-state index contributed by atoms with van der Waals surface area (Å²) in [5.41, 5.74) is 5.65. The lowest BCUT2D eigenvalue weighted by Crippen LogP contribution is -2.32. The smallest absolute Gasteiger partial charge is 0.272 e. The fraction of sp³-hybridized carbons (Fsp3) is 0.455. The van der Waals surface area contributed by atoms with Crippen LogP contribution in [-0.2, 0) is 6.42 Å². The molecule has 0 bridgehead atoms. The molecule has 1 aromatic rings. The van der Waals surface area contributed by atoms with E-state index in [2.05, 4.69) is 0 Å². The van der Waals surface area contributed by atoms with Gasteiger partial charge in [-0.05, 0) is 38.3 Å². The Hall–Kier alpha value is -1.49. The molecule has 0 aliphatic carbocycles. The molecule has 88 valence electrons. The largest absolute Gasteiger partial charge is 0.326 e. The molecule has 0 atom stereocenters. The highest BCUT2D eigenvalue weighted by atomic mass is 19.1. The monoisotopic (exact) mass is 226 g/mol. The van der Waals surface area contributed by atoms with E-state index in [-0.39, 0.29) is 11.2 Å². The average molecular weight is 226 g/mol. The van der Waals surface area contributed by atoms with Crippen molar-refractivity contribution < 1.29 is 9.31 Å². The van der Waals surface area contributed by atoms with Crippen LogP contribution in [0.2, 0.25) is 0 Å². The molecule has 0 aromatic heterocycles. The minimum absolute atomic E-state index is 0.228. The maximum absolute atomic E-state index is 13.4. The van der Waals surface area contributed by atoms with Gasteiger partial charge in [-0.1, -0.05) is 0 Å². The predicted octanol–water partition coefficient (Wildman–Crippen LogP) is 2.40. The standard InChI is InChI=1S/C11H15FN2O2/c1-11(2,13)6-5-8-3-4-9(14(15)16)7-10(8)12/h3-4,7H,5-6,13H2,1-2H3. The van der Waals surface area contributed by atoms with Gasteiger partial charge in [0.15, 0.2) is 0 Å². The van der Waals surface area contributed by atoms with Gasteiger partial charge in [0, 0.05) is 11.6 Å². The van der Waals surface area contributed by atoms with Crippen molar-refractivity contribution in [1.82, 2.24) is 0 Å². The quantitative estimate of drug-likeness (QED) is 0.633. The number of benzene rings is 1. The van der Waals surface area contributed by atoms with Crippen molar-refractivity contribution in [2.75, 3.05) is 0 Å². The van der Waals surface area contributed by atoms with Gasteiger partial charge in [0.2, 0.25) is 0 Å². The molecule has 1 rings (SSSR count). The van der Waals surface area contributed by atoms with E-state index in [1.54, 1.807) is 0 Å². The van der Waals surface area contributed by atoms with E-state index in [0.29, 0.717) is 18.4 Å². The molecule has 0 aliphatic rings. The number of nitrogens with zero attached hydrogens (tertiary/aromatic N) is 1. The molecular weight excluding hydrogens is 211 g/mol. The average Bonchev–Trinajstić information content (AvgIpc) is 2.14. The van der Waals surface area contributed by atoms with Crippen LogP contribution < -0.4 is 5.73 Å². The second kappa shape index (κ2) is 4.57. The van der Waals surface area contributed by atoms with E-state index < -0.39 is 10.7 Å². The topological polar surface area (TPSA) is 69.2 Å². The Morgan fingerprint density at radius 3 is 2.56 bits per heavy atom. The Kier molecular flexibility index (Phi) is 3.59. The van der Waals surface area contributed by atoms with Crippen molar-refractivity contribution in [2.24, 2.45) is 5.73 Å². The molecular formula is C11H15FN2O2. The highest BCUT2D eigenvalue weighted by Gasteiger charge is 2.14. The van der Waals surface area contributed by atoms with Crippen LogP contribution in [0.4, 0.5) is 10.1 Å². The molecule has 5 heteroatoms. The van der Waals surface area contributed by atoms with Gasteiger partial charge < -0.3 is 5.73 Å². The van der Waals surface area contributed by atoms with Gasteiger partial charge in [0.05, 0.1) is 11.0 Å². The number of non-ortho nitro benzene ring substituents is 1. The van der Waals surface area contributed by atoms with Gasteiger partial charge in [-0.2, -0.15) is 0 Å². The molecule has 2 N–H and O–H groups in total. The molecule has 4 nitrogen and oxygen atoms in total. The first kappa shape index (κ1) is 12.6. The second-order valence-corrected chi connectivity index (χ2v) is 4.52. The van der Waals surface area contributed by atoms with Crippen LogP contribution in [0.15, 0.2) is 18.2 Å². The van der Waals surface area contributed by atoms with Crippen molar-refractivity contribution in [2.45, 2.75) is 32.2 Å². The van der Waals surface area contributed by atoms with Crippen LogP contribution in [0.25, 0.3) is 0 Å². The first-order valence-corrected chi connectivity index (χ1v) is 5.01. The molecule has 16 heavy (non-hydrogen) atoms. The van der Waals surface area contributed by atoms with Gasteiger partial charge in [0.1, 0.15) is 5.82 Å². The summed E-state index contributed by atoms with van der Waals surface area (Å²) < 4.78 is 13.4. The van der Waals surface area contributed by atoms with Crippen molar-refractivity contribution in [3.05, 3.63) is 39.7 Å². The lowest BCUT2D eigenvalue weighted by atomic mass is 9.96. The Labute approximate surface area is 93.4 Å². The van der Waals surface area contributed by atoms with E-state index in [0.717, 1.165) is 6.07 Å². The first-order chi connectivity index (χ1) is 7.29. The molecule has 0 amide bonds. The van der Waals surface area contributed by atoms with Crippen LogP contribution in [0.1, 0.15) is 25.8 Å². The summed E-state index contributed by atoms with van der Waals surface area (Å²) in [7, 11) is 0. The zero-order chi connectivity index (χ0) is 12.3. The Morgan fingerprint density at radius 2 is 2.12 bits per heavy atom. The van der Waals surface area contributed by atoms with Crippen LogP contribution in [-0.4, -0.2) is 10.5 Å². The van der Waals surface area contributed by atoms with Crippen LogP contribution in [0.3, 0.4) is 0 Å². The van der Waals surface area contributed by atoms with Crippen LogP contribution in [0.5, 0.6) is 0 Å². The maximum atomic E-state index is 13.4. The number of hydrogen-bond acceptors (Lipinski definition) is 3. The van der Waals surface area contributed by atoms with E-state index >= 15 is 0 Å². The number of nitro benzene ring substituents is 1. The summed E-state index contributed by atoms with van der Waals surface area (Å²) in [6.07, 6.45) is 1.11. The van der Waals surface area contributed by atoms with Crippen molar-refractivity contribution >= 4 is 5.69 Å². The van der Waals surface area contributed by atoms with E-state index in [1.807, 2.05) is 13.8 Å². The third-order valence-corrected chi connectivity index (χ3v) is 2.29. The number of hydrogen-bond donors (Lipinski definition) is 1. The molecule has 0 radical (unpaired) electrons. The van der Waals surface area contributed by atoms with Crippen LogP contribution >= 0.6 is 0 Å². The zero-order valence-electron chi connectivity index (χ0n) is 9.37. The Morgan fingerprint density at radius 1 is 1.50 bits per heavy atom. The summed E-state index contributed by atoms with van der Waals surface area (Å²) in [5.74, 6) is -0.543. The fourth-order valence-corrected chi connectivity index (χ4v) is 1.31. The third kappa shape index (κ3) is 3.58. The van der Waals surface area contributed by atoms with E-state index in [1.165, 1.54) is 12.1 Å². The highest BCUT2D eigenvalue weighted by Crippen LogP contribution is 2.19. The summed E-state index contributed by atoms with van der Waals surface area (Å²) >= 11 is 0. The number of nitro groups is 1. The second-order valence-electron chi connectivity index (χ2n) is 4.52. The summed E-state index contributed by atoms with van der Waals surface area (Å²) in [6.45, 7) is 3.71. The SMILES string of the molecule is CC(C)(N)CCc1ccc([N+](=O)[O-])cc1F.